The number of nitrogens with zero attached hydrogens (tertiary/aromatic N) is 3. The lowest BCUT2D eigenvalue weighted by Crippen LogP contribution is -2.39. The maximum atomic E-state index is 13.9. The number of hydrogen-bond acceptors (Lipinski definition) is 5. The summed E-state index contributed by atoms with van der Waals surface area (Å²) in [4.78, 5) is 33.0. The number of hydrogen-bond donors (Lipinski definition) is 0. The number of oxazole rings is 1. The van der Waals surface area contributed by atoms with Gasteiger partial charge in [-0.2, -0.15) is 0 Å². The van der Waals surface area contributed by atoms with Gasteiger partial charge < -0.3 is 19.0 Å². The number of ether oxygens (including phenoxy) is 1. The van der Waals surface area contributed by atoms with Crippen LogP contribution in [0.5, 0.6) is 0 Å². The second-order valence-corrected chi connectivity index (χ2v) is 7.37. The molecule has 7 nitrogen and oxygen atoms in total. The van der Waals surface area contributed by atoms with E-state index in [4.69, 9.17) is 9.15 Å². The molecule has 4 rings (SSSR count). The standard InChI is InChI=1S/C20H22FN3O4/c1-12-18(22-11-28-12)20(26)23-7-14-8-24(17(25)10-27-2)19(16(14)9-23)13-4-3-5-15(21)6-13/h3-6,11,14,16,19H,7-10H2,1-2H3/t14-,16-,19+/m1/s1. The van der Waals surface area contributed by atoms with E-state index >= 15 is 0 Å². The number of methoxy groups -OCH3 is 1. The van der Waals surface area contributed by atoms with Crippen LogP contribution in [0.15, 0.2) is 35.1 Å². The van der Waals surface area contributed by atoms with E-state index in [1.165, 1.54) is 25.6 Å². The lowest BCUT2D eigenvalue weighted by atomic mass is 9.89. The van der Waals surface area contributed by atoms with Crippen molar-refractivity contribution in [3.8, 4) is 0 Å². The molecule has 2 aromatic rings. The quantitative estimate of drug-likeness (QED) is 0.803. The van der Waals surface area contributed by atoms with Crippen molar-refractivity contribution in [3.05, 3.63) is 53.5 Å². The number of fused-ring (bicyclic) bond motifs is 1. The van der Waals surface area contributed by atoms with Crippen LogP contribution in [0.25, 0.3) is 0 Å². The third kappa shape index (κ3) is 3.17. The molecule has 0 unspecified atom stereocenters. The van der Waals surface area contributed by atoms with Crippen molar-refractivity contribution in [3.63, 3.8) is 0 Å². The van der Waals surface area contributed by atoms with Gasteiger partial charge in [0.1, 0.15) is 18.2 Å². The smallest absolute Gasteiger partial charge is 0.276 e. The minimum Gasteiger partial charge on any atom is -0.448 e. The van der Waals surface area contributed by atoms with Gasteiger partial charge in [-0.25, -0.2) is 9.37 Å². The van der Waals surface area contributed by atoms with Crippen LogP contribution in [0.3, 0.4) is 0 Å². The van der Waals surface area contributed by atoms with E-state index in [-0.39, 0.29) is 42.1 Å². The van der Waals surface area contributed by atoms with E-state index in [1.807, 2.05) is 6.07 Å². The summed E-state index contributed by atoms with van der Waals surface area (Å²) < 4.78 is 24.0. The van der Waals surface area contributed by atoms with Crippen LogP contribution >= 0.6 is 0 Å². The van der Waals surface area contributed by atoms with Gasteiger partial charge in [0.05, 0.1) is 6.04 Å². The van der Waals surface area contributed by atoms with Crippen LogP contribution in [0, 0.1) is 24.6 Å². The first-order valence-corrected chi connectivity index (χ1v) is 9.22. The number of halogens is 1. The van der Waals surface area contributed by atoms with Gasteiger partial charge in [0.15, 0.2) is 12.1 Å². The van der Waals surface area contributed by atoms with Crippen molar-refractivity contribution in [2.75, 3.05) is 33.4 Å². The Bertz CT molecular complexity index is 899. The molecule has 2 aliphatic rings. The molecular weight excluding hydrogens is 365 g/mol. The zero-order valence-corrected chi connectivity index (χ0v) is 15.8. The van der Waals surface area contributed by atoms with E-state index in [0.29, 0.717) is 31.1 Å². The summed E-state index contributed by atoms with van der Waals surface area (Å²) in [6.45, 7) is 3.20. The molecule has 0 radical (unpaired) electrons. The Kier molecular flexibility index (Phi) is 4.89. The second-order valence-electron chi connectivity index (χ2n) is 7.37. The number of likely N-dealkylation sites (tertiary alicyclic amines) is 2. The molecule has 8 heteroatoms. The van der Waals surface area contributed by atoms with Gasteiger partial charge in [-0.1, -0.05) is 12.1 Å². The van der Waals surface area contributed by atoms with Gasteiger partial charge in [-0.15, -0.1) is 0 Å². The number of aryl methyl sites for hydroxylation is 1. The van der Waals surface area contributed by atoms with Crippen LogP contribution in [0.4, 0.5) is 4.39 Å². The number of carbonyl (C=O) groups excluding carboxylic acids is 2. The zero-order valence-electron chi connectivity index (χ0n) is 15.8. The molecule has 0 aliphatic carbocycles. The summed E-state index contributed by atoms with van der Waals surface area (Å²) >= 11 is 0. The molecule has 2 aliphatic heterocycles. The van der Waals surface area contributed by atoms with Crippen LogP contribution in [-0.2, 0) is 9.53 Å². The van der Waals surface area contributed by atoms with Gasteiger partial charge in [-0.05, 0) is 24.6 Å². The number of aromatic nitrogens is 1. The van der Waals surface area contributed by atoms with E-state index in [9.17, 15) is 14.0 Å². The summed E-state index contributed by atoms with van der Waals surface area (Å²) in [6.07, 6.45) is 1.26. The number of rotatable bonds is 4. The molecule has 28 heavy (non-hydrogen) atoms. The fraction of sp³-hybridized carbons (Fsp3) is 0.450. The summed E-state index contributed by atoms with van der Waals surface area (Å²) in [6, 6.07) is 6.03. The van der Waals surface area contributed by atoms with Gasteiger partial charge in [-0.3, -0.25) is 9.59 Å². The molecule has 0 N–H and O–H groups in total. The largest absolute Gasteiger partial charge is 0.448 e. The lowest BCUT2D eigenvalue weighted by Gasteiger charge is -2.29. The first kappa shape index (κ1) is 18.6. The Labute approximate surface area is 162 Å². The molecule has 2 amide bonds. The zero-order chi connectivity index (χ0) is 19.8. The minimum absolute atomic E-state index is 0.0218. The highest BCUT2D eigenvalue weighted by molar-refractivity contribution is 5.93. The summed E-state index contributed by atoms with van der Waals surface area (Å²) in [5.74, 6) is -0.0151. The molecule has 148 valence electrons. The highest BCUT2D eigenvalue weighted by Crippen LogP contribution is 2.45. The Morgan fingerprint density at radius 2 is 2.14 bits per heavy atom. The monoisotopic (exact) mass is 387 g/mol. The van der Waals surface area contributed by atoms with Gasteiger partial charge in [0, 0.05) is 38.6 Å². The molecule has 1 aromatic carbocycles. The van der Waals surface area contributed by atoms with E-state index < -0.39 is 0 Å². The third-order valence-electron chi connectivity index (χ3n) is 5.68. The third-order valence-corrected chi connectivity index (χ3v) is 5.68. The number of carbonyl (C=O) groups is 2. The number of benzene rings is 1. The van der Waals surface area contributed by atoms with Gasteiger partial charge in [0.2, 0.25) is 5.91 Å². The summed E-state index contributed by atoms with van der Waals surface area (Å²) in [5, 5.41) is 0. The normalized spacial score (nSPS) is 23.9. The maximum absolute atomic E-state index is 13.9. The van der Waals surface area contributed by atoms with Crippen molar-refractivity contribution >= 4 is 11.8 Å². The Hall–Kier alpha value is -2.74. The molecule has 3 heterocycles. The van der Waals surface area contributed by atoms with Crippen LogP contribution in [0.1, 0.15) is 27.9 Å². The van der Waals surface area contributed by atoms with Gasteiger partial charge in [0.25, 0.3) is 5.91 Å². The second kappa shape index (κ2) is 7.35. The van der Waals surface area contributed by atoms with Crippen LogP contribution in [-0.4, -0.2) is 59.9 Å². The first-order valence-electron chi connectivity index (χ1n) is 9.22. The molecule has 0 spiro atoms. The Balaban J connectivity index is 1.61. The van der Waals surface area contributed by atoms with Crippen molar-refractivity contribution in [1.29, 1.82) is 0 Å². The predicted molar refractivity (Wildman–Crippen MR) is 96.9 cm³/mol. The Morgan fingerprint density at radius 1 is 1.32 bits per heavy atom. The molecule has 2 saturated heterocycles. The molecule has 0 bridgehead atoms. The highest BCUT2D eigenvalue weighted by atomic mass is 19.1. The van der Waals surface area contributed by atoms with Crippen molar-refractivity contribution < 1.29 is 23.1 Å². The fourth-order valence-electron chi connectivity index (χ4n) is 4.45. The van der Waals surface area contributed by atoms with Crippen LogP contribution in [0.2, 0.25) is 0 Å². The average Bonchev–Trinajstić information content (AvgIpc) is 3.35. The van der Waals surface area contributed by atoms with Crippen molar-refractivity contribution in [2.24, 2.45) is 11.8 Å². The maximum Gasteiger partial charge on any atom is 0.276 e. The molecule has 1 aromatic heterocycles. The van der Waals surface area contributed by atoms with E-state index in [0.717, 1.165) is 5.56 Å². The average molecular weight is 387 g/mol. The predicted octanol–water partition coefficient (Wildman–Crippen LogP) is 2.04. The molecule has 2 fully saturated rings. The van der Waals surface area contributed by atoms with Gasteiger partial charge >= 0.3 is 0 Å². The first-order chi connectivity index (χ1) is 13.5. The summed E-state index contributed by atoms with van der Waals surface area (Å²) in [7, 11) is 1.48. The van der Waals surface area contributed by atoms with Crippen LogP contribution < -0.4 is 0 Å². The molecule has 3 atom stereocenters. The summed E-state index contributed by atoms with van der Waals surface area (Å²) in [5.41, 5.74) is 1.05. The molecule has 0 saturated carbocycles. The highest BCUT2D eigenvalue weighted by Gasteiger charge is 2.50. The van der Waals surface area contributed by atoms with E-state index in [2.05, 4.69) is 4.98 Å². The van der Waals surface area contributed by atoms with Crippen molar-refractivity contribution in [2.45, 2.75) is 13.0 Å². The topological polar surface area (TPSA) is 75.9 Å². The molecular formula is C20H22FN3O4. The Morgan fingerprint density at radius 3 is 2.82 bits per heavy atom. The SMILES string of the molecule is COCC(=O)N1C[C@H]2CN(C(=O)c3ncoc3C)C[C@H]2[C@@H]1c1cccc(F)c1. The lowest BCUT2D eigenvalue weighted by molar-refractivity contribution is -0.136. The fourth-order valence-corrected chi connectivity index (χ4v) is 4.45. The number of amides is 2. The minimum atomic E-state index is -0.343. The van der Waals surface area contributed by atoms with Crippen molar-refractivity contribution in [1.82, 2.24) is 14.8 Å². The van der Waals surface area contributed by atoms with E-state index in [1.54, 1.807) is 22.8 Å².